The first kappa shape index (κ1) is 16.9. The number of halogens is 3. The van der Waals surface area contributed by atoms with E-state index in [-0.39, 0.29) is 24.3 Å². The number of hydrogen-bond donors (Lipinski definition) is 1. The third-order valence-corrected chi connectivity index (χ3v) is 3.21. The fourth-order valence-electron chi connectivity index (χ4n) is 2.13. The number of carbonyl (C=O) groups excluding carboxylic acids is 2. The minimum Gasteiger partial charge on any atom is -0.345 e. The Balaban J connectivity index is 2.55. The zero-order chi connectivity index (χ0) is 15.5. The van der Waals surface area contributed by atoms with Crippen molar-refractivity contribution in [2.75, 3.05) is 13.1 Å². The van der Waals surface area contributed by atoms with Gasteiger partial charge in [-0.05, 0) is 25.7 Å². The molecule has 0 aromatic carbocycles. The van der Waals surface area contributed by atoms with E-state index in [0.717, 1.165) is 4.90 Å². The largest absolute Gasteiger partial charge is 0.401 e. The smallest absolute Gasteiger partial charge is 0.345 e. The summed E-state index contributed by atoms with van der Waals surface area (Å²) in [5.41, 5.74) is 0. The standard InChI is InChI=1S/C13H21F3N2O2/c1-8(2)12(9(3)19)17-11(20)6-18(10-4-5-10)7-13(14,15)16/h8,10,12H,4-7H2,1-3H3,(H,17,20). The van der Waals surface area contributed by atoms with Crippen molar-refractivity contribution in [3.05, 3.63) is 0 Å². The van der Waals surface area contributed by atoms with Crippen LogP contribution in [0.3, 0.4) is 0 Å². The summed E-state index contributed by atoms with van der Waals surface area (Å²) in [6, 6.07) is -0.813. The lowest BCUT2D eigenvalue weighted by molar-refractivity contribution is -0.150. The molecule has 0 aromatic rings. The van der Waals surface area contributed by atoms with Crippen molar-refractivity contribution in [2.45, 2.75) is 51.9 Å². The van der Waals surface area contributed by atoms with Gasteiger partial charge in [0.25, 0.3) is 0 Å². The topological polar surface area (TPSA) is 49.4 Å². The summed E-state index contributed by atoms with van der Waals surface area (Å²) in [6.45, 7) is 3.51. The van der Waals surface area contributed by atoms with E-state index in [1.165, 1.54) is 6.92 Å². The molecule has 0 spiro atoms. The molecule has 1 rings (SSSR count). The van der Waals surface area contributed by atoms with Gasteiger partial charge in [-0.25, -0.2) is 0 Å². The van der Waals surface area contributed by atoms with E-state index in [1.54, 1.807) is 13.8 Å². The summed E-state index contributed by atoms with van der Waals surface area (Å²) < 4.78 is 37.3. The van der Waals surface area contributed by atoms with Gasteiger partial charge in [0.2, 0.25) is 5.91 Å². The number of amides is 1. The fourth-order valence-corrected chi connectivity index (χ4v) is 2.13. The second-order valence-corrected chi connectivity index (χ2v) is 5.65. The molecule has 0 heterocycles. The lowest BCUT2D eigenvalue weighted by atomic mass is 10.0. The third-order valence-electron chi connectivity index (χ3n) is 3.21. The second-order valence-electron chi connectivity index (χ2n) is 5.65. The summed E-state index contributed by atoms with van der Waals surface area (Å²) in [6.07, 6.45) is -2.95. The molecule has 4 nitrogen and oxygen atoms in total. The molecule has 1 fully saturated rings. The predicted octanol–water partition coefficient (Wildman–Crippen LogP) is 1.74. The second kappa shape index (κ2) is 6.56. The number of alkyl halides is 3. The zero-order valence-corrected chi connectivity index (χ0v) is 12.0. The van der Waals surface area contributed by atoms with Crippen LogP contribution < -0.4 is 5.32 Å². The first-order valence-corrected chi connectivity index (χ1v) is 6.70. The van der Waals surface area contributed by atoms with Gasteiger partial charge in [-0.15, -0.1) is 0 Å². The molecule has 0 bridgehead atoms. The van der Waals surface area contributed by atoms with E-state index in [4.69, 9.17) is 0 Å². The van der Waals surface area contributed by atoms with Crippen LogP contribution >= 0.6 is 0 Å². The maximum Gasteiger partial charge on any atom is 0.401 e. The SMILES string of the molecule is CC(=O)C(NC(=O)CN(CC(F)(F)F)C1CC1)C(C)C. The Morgan fingerprint density at radius 2 is 1.85 bits per heavy atom. The molecule has 1 N–H and O–H groups in total. The number of hydrogen-bond acceptors (Lipinski definition) is 3. The Bertz CT molecular complexity index is 365. The van der Waals surface area contributed by atoms with Crippen LogP contribution in [0.5, 0.6) is 0 Å². The Hall–Kier alpha value is -1.11. The lowest BCUT2D eigenvalue weighted by Gasteiger charge is -2.25. The maximum atomic E-state index is 12.4. The minimum atomic E-state index is -4.32. The number of carbonyl (C=O) groups is 2. The molecule has 1 aliphatic carbocycles. The van der Waals surface area contributed by atoms with Gasteiger partial charge in [0, 0.05) is 6.04 Å². The molecule has 1 atom stereocenters. The minimum absolute atomic E-state index is 0.0894. The maximum absolute atomic E-state index is 12.4. The highest BCUT2D eigenvalue weighted by molar-refractivity contribution is 5.88. The summed E-state index contributed by atoms with van der Waals surface area (Å²) in [5, 5.41) is 2.52. The van der Waals surface area contributed by atoms with Crippen molar-refractivity contribution in [2.24, 2.45) is 5.92 Å². The first-order chi connectivity index (χ1) is 9.10. The molecule has 1 aliphatic rings. The molecule has 0 saturated heterocycles. The van der Waals surface area contributed by atoms with Gasteiger partial charge in [0.1, 0.15) is 0 Å². The highest BCUT2D eigenvalue weighted by Gasteiger charge is 2.39. The lowest BCUT2D eigenvalue weighted by Crippen LogP contribution is -2.49. The summed E-state index contributed by atoms with van der Waals surface area (Å²) in [4.78, 5) is 24.3. The van der Waals surface area contributed by atoms with E-state index >= 15 is 0 Å². The van der Waals surface area contributed by atoms with Crippen LogP contribution in [0.4, 0.5) is 13.2 Å². The van der Waals surface area contributed by atoms with Crippen LogP contribution in [0.1, 0.15) is 33.6 Å². The van der Waals surface area contributed by atoms with E-state index < -0.39 is 24.7 Å². The van der Waals surface area contributed by atoms with Gasteiger partial charge in [-0.2, -0.15) is 13.2 Å². The first-order valence-electron chi connectivity index (χ1n) is 6.70. The molecule has 1 unspecified atom stereocenters. The molecule has 0 aromatic heterocycles. The molecule has 1 amide bonds. The van der Waals surface area contributed by atoms with Crippen LogP contribution in [0.25, 0.3) is 0 Å². The number of rotatable bonds is 7. The van der Waals surface area contributed by atoms with Crippen LogP contribution in [0.15, 0.2) is 0 Å². The van der Waals surface area contributed by atoms with Gasteiger partial charge in [-0.3, -0.25) is 14.5 Å². The van der Waals surface area contributed by atoms with E-state index in [0.29, 0.717) is 12.8 Å². The third kappa shape index (κ3) is 5.90. The average Bonchev–Trinajstić information content (AvgIpc) is 3.05. The van der Waals surface area contributed by atoms with Gasteiger partial charge < -0.3 is 5.32 Å². The molecular weight excluding hydrogens is 273 g/mol. The van der Waals surface area contributed by atoms with Crippen LogP contribution in [0.2, 0.25) is 0 Å². The van der Waals surface area contributed by atoms with Crippen molar-refractivity contribution < 1.29 is 22.8 Å². The van der Waals surface area contributed by atoms with Crippen molar-refractivity contribution in [3.8, 4) is 0 Å². The van der Waals surface area contributed by atoms with Crippen LogP contribution in [-0.2, 0) is 9.59 Å². The Labute approximate surface area is 116 Å². The average molecular weight is 294 g/mol. The summed E-state index contributed by atoms with van der Waals surface area (Å²) in [5.74, 6) is -0.814. The molecule has 7 heteroatoms. The summed E-state index contributed by atoms with van der Waals surface area (Å²) in [7, 11) is 0. The van der Waals surface area contributed by atoms with Crippen molar-refractivity contribution in [3.63, 3.8) is 0 Å². The molecule has 20 heavy (non-hydrogen) atoms. The van der Waals surface area contributed by atoms with Crippen LogP contribution in [-0.4, -0.2) is 47.9 Å². The Kier molecular flexibility index (Phi) is 5.56. The van der Waals surface area contributed by atoms with Crippen molar-refractivity contribution in [1.29, 1.82) is 0 Å². The molecule has 1 saturated carbocycles. The normalized spacial score (nSPS) is 17.4. The van der Waals surface area contributed by atoms with Crippen molar-refractivity contribution >= 4 is 11.7 Å². The quantitative estimate of drug-likeness (QED) is 0.778. The molecule has 0 radical (unpaired) electrons. The fraction of sp³-hybridized carbons (Fsp3) is 0.846. The van der Waals surface area contributed by atoms with E-state index in [2.05, 4.69) is 5.32 Å². The highest BCUT2D eigenvalue weighted by atomic mass is 19.4. The van der Waals surface area contributed by atoms with Gasteiger partial charge in [0.15, 0.2) is 5.78 Å². The van der Waals surface area contributed by atoms with E-state index in [1.807, 2.05) is 0 Å². The number of ketones is 1. The van der Waals surface area contributed by atoms with Crippen molar-refractivity contribution in [1.82, 2.24) is 10.2 Å². The molecular formula is C13H21F3N2O2. The summed E-state index contributed by atoms with van der Waals surface area (Å²) >= 11 is 0. The van der Waals surface area contributed by atoms with Gasteiger partial charge in [0.05, 0.1) is 19.1 Å². The van der Waals surface area contributed by atoms with Gasteiger partial charge >= 0.3 is 6.18 Å². The molecule has 116 valence electrons. The Morgan fingerprint density at radius 1 is 1.30 bits per heavy atom. The predicted molar refractivity (Wildman–Crippen MR) is 68.1 cm³/mol. The number of nitrogens with one attached hydrogen (secondary N) is 1. The molecule has 0 aliphatic heterocycles. The number of Topliss-reactive ketones (excluding diaryl/α,β-unsaturated/α-hetero) is 1. The number of nitrogens with zero attached hydrogens (tertiary/aromatic N) is 1. The van der Waals surface area contributed by atoms with Crippen LogP contribution in [0, 0.1) is 5.92 Å². The van der Waals surface area contributed by atoms with E-state index in [9.17, 15) is 22.8 Å². The Morgan fingerprint density at radius 3 is 2.20 bits per heavy atom. The monoisotopic (exact) mass is 294 g/mol. The van der Waals surface area contributed by atoms with Gasteiger partial charge in [-0.1, -0.05) is 13.8 Å². The highest BCUT2D eigenvalue weighted by Crippen LogP contribution is 2.29. The zero-order valence-electron chi connectivity index (χ0n) is 12.0.